The second-order valence-electron chi connectivity index (χ2n) is 4.35. The van der Waals surface area contributed by atoms with Crippen LogP contribution in [0.5, 0.6) is 0 Å². The molecular formula is C14H7Cl2N3O. The van der Waals surface area contributed by atoms with Crippen LogP contribution >= 0.6 is 23.2 Å². The van der Waals surface area contributed by atoms with Gasteiger partial charge in [-0.3, -0.25) is 4.57 Å². The standard InChI is InChI=1S/C14H7Cl2N3O/c15-12-6-10-13(16)17-7-18-14(10)19(12)9-1-2-11-8(5-9)3-4-20-11/h1-7H. The minimum atomic E-state index is 0.389. The molecule has 20 heavy (non-hydrogen) atoms. The summed E-state index contributed by atoms with van der Waals surface area (Å²) in [5.41, 5.74) is 2.40. The summed E-state index contributed by atoms with van der Waals surface area (Å²) in [4.78, 5) is 8.23. The highest BCUT2D eigenvalue weighted by atomic mass is 35.5. The summed E-state index contributed by atoms with van der Waals surface area (Å²) in [6.45, 7) is 0. The molecule has 0 aliphatic heterocycles. The maximum atomic E-state index is 6.31. The van der Waals surface area contributed by atoms with Crippen molar-refractivity contribution in [1.29, 1.82) is 0 Å². The Bertz CT molecular complexity index is 942. The number of halogens is 2. The zero-order valence-corrected chi connectivity index (χ0v) is 11.6. The Labute approximate surface area is 123 Å². The molecule has 98 valence electrons. The molecule has 3 heterocycles. The number of rotatable bonds is 1. The summed E-state index contributed by atoms with van der Waals surface area (Å²) >= 11 is 12.4. The van der Waals surface area contributed by atoms with E-state index in [1.165, 1.54) is 6.33 Å². The number of benzene rings is 1. The van der Waals surface area contributed by atoms with Gasteiger partial charge in [-0.2, -0.15) is 0 Å². The van der Waals surface area contributed by atoms with Gasteiger partial charge < -0.3 is 4.42 Å². The van der Waals surface area contributed by atoms with Crippen LogP contribution in [0.4, 0.5) is 0 Å². The topological polar surface area (TPSA) is 43.9 Å². The van der Waals surface area contributed by atoms with E-state index in [2.05, 4.69) is 9.97 Å². The predicted octanol–water partition coefficient (Wildman–Crippen LogP) is 4.47. The van der Waals surface area contributed by atoms with Crippen LogP contribution < -0.4 is 0 Å². The van der Waals surface area contributed by atoms with Crippen LogP contribution in [0, 0.1) is 0 Å². The Morgan fingerprint density at radius 3 is 2.85 bits per heavy atom. The molecule has 0 fully saturated rings. The fourth-order valence-corrected chi connectivity index (χ4v) is 2.76. The molecule has 4 nitrogen and oxygen atoms in total. The Balaban J connectivity index is 2.06. The summed E-state index contributed by atoms with van der Waals surface area (Å²) in [5, 5.41) is 2.65. The molecule has 0 radical (unpaired) electrons. The first-order chi connectivity index (χ1) is 9.74. The number of hydrogen-bond donors (Lipinski definition) is 0. The zero-order chi connectivity index (χ0) is 13.7. The van der Waals surface area contributed by atoms with Crippen molar-refractivity contribution in [3.05, 3.63) is 53.2 Å². The lowest BCUT2D eigenvalue weighted by molar-refractivity contribution is 0.616. The van der Waals surface area contributed by atoms with Gasteiger partial charge in [-0.05, 0) is 30.3 Å². The van der Waals surface area contributed by atoms with Gasteiger partial charge in [0, 0.05) is 11.1 Å². The number of fused-ring (bicyclic) bond motifs is 2. The van der Waals surface area contributed by atoms with E-state index in [1.807, 2.05) is 28.8 Å². The van der Waals surface area contributed by atoms with Crippen LogP contribution in [0.1, 0.15) is 0 Å². The smallest absolute Gasteiger partial charge is 0.150 e. The van der Waals surface area contributed by atoms with Crippen LogP contribution in [0.2, 0.25) is 10.3 Å². The minimum Gasteiger partial charge on any atom is -0.464 e. The molecule has 0 bridgehead atoms. The molecule has 6 heteroatoms. The van der Waals surface area contributed by atoms with Crippen molar-refractivity contribution >= 4 is 45.2 Å². The van der Waals surface area contributed by atoms with Gasteiger partial charge in [0.15, 0.2) is 5.65 Å². The van der Waals surface area contributed by atoms with Gasteiger partial charge in [-0.15, -0.1) is 0 Å². The first kappa shape index (κ1) is 11.8. The maximum absolute atomic E-state index is 6.31. The predicted molar refractivity (Wildman–Crippen MR) is 78.7 cm³/mol. The second-order valence-corrected chi connectivity index (χ2v) is 5.09. The summed E-state index contributed by atoms with van der Waals surface area (Å²) < 4.78 is 7.17. The quantitative estimate of drug-likeness (QED) is 0.487. The second kappa shape index (κ2) is 4.23. The van der Waals surface area contributed by atoms with Gasteiger partial charge in [0.2, 0.25) is 0 Å². The van der Waals surface area contributed by atoms with Crippen LogP contribution in [0.3, 0.4) is 0 Å². The highest BCUT2D eigenvalue weighted by molar-refractivity contribution is 6.36. The molecule has 3 aromatic heterocycles. The minimum absolute atomic E-state index is 0.389. The molecule has 0 amide bonds. The van der Waals surface area contributed by atoms with Crippen molar-refractivity contribution in [2.24, 2.45) is 0 Å². The van der Waals surface area contributed by atoms with E-state index >= 15 is 0 Å². The lowest BCUT2D eigenvalue weighted by atomic mass is 10.2. The van der Waals surface area contributed by atoms with E-state index in [0.717, 1.165) is 22.0 Å². The normalized spacial score (nSPS) is 11.5. The van der Waals surface area contributed by atoms with Gasteiger partial charge in [-0.25, -0.2) is 9.97 Å². The van der Waals surface area contributed by atoms with Crippen molar-refractivity contribution in [2.45, 2.75) is 0 Å². The van der Waals surface area contributed by atoms with Gasteiger partial charge in [0.1, 0.15) is 22.2 Å². The summed E-state index contributed by atoms with van der Waals surface area (Å²) in [6.07, 6.45) is 3.08. The number of furan rings is 1. The SMILES string of the molecule is Clc1ncnc2c1cc(Cl)n2-c1ccc2occc2c1. The molecule has 4 aromatic rings. The molecular weight excluding hydrogens is 297 g/mol. The van der Waals surface area contributed by atoms with Gasteiger partial charge in [0.05, 0.1) is 11.6 Å². The zero-order valence-electron chi connectivity index (χ0n) is 10.0. The Morgan fingerprint density at radius 2 is 1.95 bits per heavy atom. The van der Waals surface area contributed by atoms with E-state index in [1.54, 1.807) is 12.3 Å². The average Bonchev–Trinajstić information content (AvgIpc) is 3.02. The first-order valence-corrected chi connectivity index (χ1v) is 6.65. The Kier molecular flexibility index (Phi) is 2.49. The average molecular weight is 304 g/mol. The summed E-state index contributed by atoms with van der Waals surface area (Å²) in [5.74, 6) is 0. The summed E-state index contributed by atoms with van der Waals surface area (Å²) in [7, 11) is 0. The molecule has 1 aromatic carbocycles. The monoisotopic (exact) mass is 303 g/mol. The van der Waals surface area contributed by atoms with E-state index in [0.29, 0.717) is 16.0 Å². The largest absolute Gasteiger partial charge is 0.464 e. The molecule has 0 saturated heterocycles. The van der Waals surface area contributed by atoms with E-state index < -0.39 is 0 Å². The molecule has 0 unspecified atom stereocenters. The number of nitrogens with zero attached hydrogens (tertiary/aromatic N) is 3. The van der Waals surface area contributed by atoms with Crippen molar-refractivity contribution in [3.8, 4) is 5.69 Å². The Morgan fingerprint density at radius 1 is 1.05 bits per heavy atom. The van der Waals surface area contributed by atoms with Gasteiger partial charge >= 0.3 is 0 Å². The van der Waals surface area contributed by atoms with Gasteiger partial charge in [-0.1, -0.05) is 23.2 Å². The van der Waals surface area contributed by atoms with Crippen molar-refractivity contribution in [1.82, 2.24) is 14.5 Å². The first-order valence-electron chi connectivity index (χ1n) is 5.89. The number of hydrogen-bond acceptors (Lipinski definition) is 3. The van der Waals surface area contributed by atoms with E-state index in [4.69, 9.17) is 27.6 Å². The van der Waals surface area contributed by atoms with Gasteiger partial charge in [0.25, 0.3) is 0 Å². The van der Waals surface area contributed by atoms with Crippen LogP contribution in [0.15, 0.2) is 47.3 Å². The molecule has 0 spiro atoms. The lowest BCUT2D eigenvalue weighted by Gasteiger charge is -2.06. The van der Waals surface area contributed by atoms with Crippen LogP contribution in [-0.2, 0) is 0 Å². The third kappa shape index (κ3) is 1.62. The fraction of sp³-hybridized carbons (Fsp3) is 0. The highest BCUT2D eigenvalue weighted by Gasteiger charge is 2.13. The highest BCUT2D eigenvalue weighted by Crippen LogP contribution is 2.30. The molecule has 0 aliphatic carbocycles. The van der Waals surface area contributed by atoms with Crippen LogP contribution in [-0.4, -0.2) is 14.5 Å². The number of aromatic nitrogens is 3. The van der Waals surface area contributed by atoms with Crippen molar-refractivity contribution in [3.63, 3.8) is 0 Å². The van der Waals surface area contributed by atoms with E-state index in [-0.39, 0.29) is 0 Å². The lowest BCUT2D eigenvalue weighted by Crippen LogP contribution is -1.95. The molecule has 0 saturated carbocycles. The molecule has 4 rings (SSSR count). The third-order valence-corrected chi connectivity index (χ3v) is 3.78. The maximum Gasteiger partial charge on any atom is 0.150 e. The fourth-order valence-electron chi connectivity index (χ4n) is 2.29. The van der Waals surface area contributed by atoms with Crippen molar-refractivity contribution < 1.29 is 4.42 Å². The summed E-state index contributed by atoms with van der Waals surface area (Å²) in [6, 6.07) is 9.47. The van der Waals surface area contributed by atoms with Crippen molar-refractivity contribution in [2.75, 3.05) is 0 Å². The molecule has 0 N–H and O–H groups in total. The van der Waals surface area contributed by atoms with E-state index in [9.17, 15) is 0 Å². The molecule has 0 aliphatic rings. The molecule has 0 atom stereocenters. The van der Waals surface area contributed by atoms with Crippen LogP contribution in [0.25, 0.3) is 27.7 Å². The Hall–Kier alpha value is -2.04. The third-order valence-electron chi connectivity index (χ3n) is 3.20.